The maximum Gasteiger partial charge on any atom is 0.295 e. The van der Waals surface area contributed by atoms with Gasteiger partial charge in [-0.05, 0) is 47.5 Å². The molecule has 0 spiro atoms. The summed E-state index contributed by atoms with van der Waals surface area (Å²) in [5.41, 5.74) is 1.62. The number of likely N-dealkylation sites (tertiary alicyclic amines) is 1. The predicted molar refractivity (Wildman–Crippen MR) is 116 cm³/mol. The SMILES string of the molecule is COc1ccc(OC)c(/C(O)=C2\C(=O)C(=O)N(Cc3ccncc3)C2c2cccnc2)c1. The number of pyridine rings is 2. The molecular weight excluding hydrogens is 410 g/mol. The Bertz CT molecular complexity index is 1180. The summed E-state index contributed by atoms with van der Waals surface area (Å²) in [5.74, 6) is -1.02. The summed E-state index contributed by atoms with van der Waals surface area (Å²) in [6.45, 7) is 0.165. The van der Waals surface area contributed by atoms with Crippen molar-refractivity contribution in [2.75, 3.05) is 14.2 Å². The summed E-state index contributed by atoms with van der Waals surface area (Å²) >= 11 is 0. The highest BCUT2D eigenvalue weighted by molar-refractivity contribution is 6.46. The van der Waals surface area contributed by atoms with E-state index >= 15 is 0 Å². The van der Waals surface area contributed by atoms with E-state index in [1.807, 2.05) is 0 Å². The van der Waals surface area contributed by atoms with Gasteiger partial charge in [-0.25, -0.2) is 0 Å². The molecule has 1 aliphatic heterocycles. The van der Waals surface area contributed by atoms with Gasteiger partial charge in [-0.1, -0.05) is 6.07 Å². The van der Waals surface area contributed by atoms with Crippen molar-refractivity contribution in [2.24, 2.45) is 0 Å². The van der Waals surface area contributed by atoms with Crippen molar-refractivity contribution in [2.45, 2.75) is 12.6 Å². The van der Waals surface area contributed by atoms with E-state index in [1.165, 1.54) is 19.1 Å². The number of benzene rings is 1. The van der Waals surface area contributed by atoms with Gasteiger partial charge in [-0.15, -0.1) is 0 Å². The van der Waals surface area contributed by atoms with Crippen molar-refractivity contribution in [1.29, 1.82) is 0 Å². The molecule has 162 valence electrons. The summed E-state index contributed by atoms with van der Waals surface area (Å²) in [6.07, 6.45) is 6.41. The third-order valence-electron chi connectivity index (χ3n) is 5.30. The summed E-state index contributed by atoms with van der Waals surface area (Å²) in [6, 6.07) is 11.1. The Labute approximate surface area is 184 Å². The van der Waals surface area contributed by atoms with Crippen molar-refractivity contribution < 1.29 is 24.2 Å². The second-order valence-corrected chi connectivity index (χ2v) is 7.14. The predicted octanol–water partition coefficient (Wildman–Crippen LogP) is 3.12. The quantitative estimate of drug-likeness (QED) is 0.363. The number of rotatable bonds is 6. The lowest BCUT2D eigenvalue weighted by molar-refractivity contribution is -0.140. The monoisotopic (exact) mass is 431 g/mol. The molecule has 1 unspecified atom stereocenters. The normalized spacial score (nSPS) is 17.4. The molecule has 8 nitrogen and oxygen atoms in total. The van der Waals surface area contributed by atoms with Gasteiger partial charge in [0.15, 0.2) is 0 Å². The minimum absolute atomic E-state index is 0.0383. The van der Waals surface area contributed by atoms with Gasteiger partial charge in [-0.2, -0.15) is 0 Å². The van der Waals surface area contributed by atoms with Crippen LogP contribution in [0.3, 0.4) is 0 Å². The zero-order valence-corrected chi connectivity index (χ0v) is 17.6. The molecule has 2 aromatic heterocycles. The number of nitrogens with zero attached hydrogens (tertiary/aromatic N) is 3. The Morgan fingerprint density at radius 1 is 1.03 bits per heavy atom. The first-order chi connectivity index (χ1) is 15.5. The van der Waals surface area contributed by atoms with E-state index in [0.717, 1.165) is 5.56 Å². The molecule has 1 aliphatic rings. The molecule has 32 heavy (non-hydrogen) atoms. The summed E-state index contributed by atoms with van der Waals surface area (Å²) in [4.78, 5) is 35.8. The molecule has 0 saturated carbocycles. The fourth-order valence-electron chi connectivity index (χ4n) is 3.76. The number of carbonyl (C=O) groups excluding carboxylic acids is 2. The van der Waals surface area contributed by atoms with Crippen molar-refractivity contribution in [1.82, 2.24) is 14.9 Å². The van der Waals surface area contributed by atoms with Crippen LogP contribution in [0.5, 0.6) is 11.5 Å². The van der Waals surface area contributed by atoms with Gasteiger partial charge in [0.2, 0.25) is 0 Å². The van der Waals surface area contributed by atoms with Gasteiger partial charge in [0.1, 0.15) is 17.3 Å². The van der Waals surface area contributed by atoms with E-state index in [1.54, 1.807) is 67.3 Å². The maximum atomic E-state index is 13.1. The second kappa shape index (κ2) is 8.89. The number of aromatic nitrogens is 2. The highest BCUT2D eigenvalue weighted by atomic mass is 16.5. The number of ether oxygens (including phenoxy) is 2. The number of Topliss-reactive ketones (excluding diaryl/α,β-unsaturated/α-hetero) is 1. The molecule has 1 fully saturated rings. The first-order valence-corrected chi connectivity index (χ1v) is 9.84. The van der Waals surface area contributed by atoms with E-state index in [2.05, 4.69) is 9.97 Å². The van der Waals surface area contributed by atoms with Crippen LogP contribution in [0.25, 0.3) is 5.76 Å². The molecule has 0 aliphatic carbocycles. The van der Waals surface area contributed by atoms with E-state index < -0.39 is 17.7 Å². The van der Waals surface area contributed by atoms with Crippen LogP contribution >= 0.6 is 0 Å². The van der Waals surface area contributed by atoms with Crippen LogP contribution < -0.4 is 9.47 Å². The number of hydrogen-bond donors (Lipinski definition) is 1. The lowest BCUT2D eigenvalue weighted by atomic mass is 9.95. The highest BCUT2D eigenvalue weighted by Gasteiger charge is 2.46. The zero-order chi connectivity index (χ0) is 22.7. The van der Waals surface area contributed by atoms with Crippen LogP contribution in [0, 0.1) is 0 Å². The van der Waals surface area contributed by atoms with Crippen LogP contribution in [0.1, 0.15) is 22.7 Å². The van der Waals surface area contributed by atoms with Crippen LogP contribution in [-0.2, 0) is 16.1 Å². The third kappa shape index (κ3) is 3.78. The Kier molecular flexibility index (Phi) is 5.85. The summed E-state index contributed by atoms with van der Waals surface area (Å²) < 4.78 is 10.6. The van der Waals surface area contributed by atoms with Gasteiger partial charge in [-0.3, -0.25) is 19.6 Å². The molecular formula is C24H21N3O5. The maximum absolute atomic E-state index is 13.1. The molecule has 1 amide bonds. The Balaban J connectivity index is 1.90. The first kappa shape index (κ1) is 21.0. The minimum atomic E-state index is -0.826. The second-order valence-electron chi connectivity index (χ2n) is 7.14. The number of aliphatic hydroxyl groups excluding tert-OH is 1. The Morgan fingerprint density at radius 2 is 1.81 bits per heavy atom. The van der Waals surface area contributed by atoms with Crippen molar-refractivity contribution in [3.8, 4) is 11.5 Å². The third-order valence-corrected chi connectivity index (χ3v) is 5.30. The van der Waals surface area contributed by atoms with E-state index in [4.69, 9.17) is 9.47 Å². The summed E-state index contributed by atoms with van der Waals surface area (Å²) in [7, 11) is 2.95. The first-order valence-electron chi connectivity index (χ1n) is 9.84. The van der Waals surface area contributed by atoms with E-state index in [0.29, 0.717) is 17.1 Å². The molecule has 0 radical (unpaired) electrons. The lowest BCUT2D eigenvalue weighted by Crippen LogP contribution is -2.29. The van der Waals surface area contributed by atoms with E-state index in [-0.39, 0.29) is 23.4 Å². The number of ketones is 1. The molecule has 3 heterocycles. The fourth-order valence-corrected chi connectivity index (χ4v) is 3.76. The molecule has 1 saturated heterocycles. The number of aliphatic hydroxyl groups is 1. The van der Waals surface area contributed by atoms with Crippen LogP contribution in [0.15, 0.2) is 72.8 Å². The average molecular weight is 431 g/mol. The highest BCUT2D eigenvalue weighted by Crippen LogP contribution is 2.42. The van der Waals surface area contributed by atoms with Gasteiger partial charge in [0.25, 0.3) is 11.7 Å². The number of hydrogen-bond acceptors (Lipinski definition) is 7. The van der Waals surface area contributed by atoms with Crippen LogP contribution in [0.4, 0.5) is 0 Å². The minimum Gasteiger partial charge on any atom is -0.507 e. The molecule has 8 heteroatoms. The molecule has 1 N–H and O–H groups in total. The van der Waals surface area contributed by atoms with Crippen LogP contribution in [-0.4, -0.2) is 45.9 Å². The van der Waals surface area contributed by atoms with Gasteiger partial charge < -0.3 is 19.5 Å². The number of amides is 1. The molecule has 3 aromatic rings. The summed E-state index contributed by atoms with van der Waals surface area (Å²) in [5, 5.41) is 11.3. The van der Waals surface area contributed by atoms with Crippen molar-refractivity contribution in [3.05, 3.63) is 89.5 Å². The standard InChI is InChI=1S/C24H21N3O5/c1-31-17-5-6-19(32-2)18(12-17)22(28)20-21(16-4-3-9-26-13-16)27(24(30)23(20)29)14-15-7-10-25-11-8-15/h3-13,21,28H,14H2,1-2H3/b22-20+. The fraction of sp³-hybridized carbons (Fsp3) is 0.167. The molecule has 1 atom stereocenters. The molecule has 4 rings (SSSR count). The molecule has 0 bridgehead atoms. The largest absolute Gasteiger partial charge is 0.507 e. The number of methoxy groups -OCH3 is 2. The Hall–Kier alpha value is -4.20. The van der Waals surface area contributed by atoms with Gasteiger partial charge >= 0.3 is 0 Å². The van der Waals surface area contributed by atoms with Crippen LogP contribution in [0.2, 0.25) is 0 Å². The topological polar surface area (TPSA) is 102 Å². The van der Waals surface area contributed by atoms with E-state index in [9.17, 15) is 14.7 Å². The molecule has 1 aromatic carbocycles. The van der Waals surface area contributed by atoms with Gasteiger partial charge in [0, 0.05) is 31.3 Å². The Morgan fingerprint density at radius 3 is 2.47 bits per heavy atom. The lowest BCUT2D eigenvalue weighted by Gasteiger charge is -2.25. The average Bonchev–Trinajstić information content (AvgIpc) is 3.09. The zero-order valence-electron chi connectivity index (χ0n) is 17.6. The van der Waals surface area contributed by atoms with Crippen molar-refractivity contribution >= 4 is 17.4 Å². The smallest absolute Gasteiger partial charge is 0.295 e. The van der Waals surface area contributed by atoms with Gasteiger partial charge in [0.05, 0.1) is 31.4 Å². The number of carbonyl (C=O) groups is 2. The van der Waals surface area contributed by atoms with Crippen molar-refractivity contribution in [3.63, 3.8) is 0 Å².